The number of aromatic nitrogens is 2. The highest BCUT2D eigenvalue weighted by atomic mass is 16.5. The lowest BCUT2D eigenvalue weighted by atomic mass is 10.2. The molecule has 0 aliphatic rings. The van der Waals surface area contributed by atoms with Crippen LogP contribution in [0, 0.1) is 6.92 Å². The van der Waals surface area contributed by atoms with Gasteiger partial charge in [0.15, 0.2) is 0 Å². The fraction of sp³-hybridized carbons (Fsp3) is 0.200. The van der Waals surface area contributed by atoms with Gasteiger partial charge >= 0.3 is 0 Å². The molecule has 128 valence electrons. The summed E-state index contributed by atoms with van der Waals surface area (Å²) in [6.07, 6.45) is 0. The van der Waals surface area contributed by atoms with Gasteiger partial charge in [-0.2, -0.15) is 5.10 Å². The summed E-state index contributed by atoms with van der Waals surface area (Å²) in [6.45, 7) is 4.94. The number of amides is 1. The number of anilines is 1. The molecule has 0 spiro atoms. The molecular formula is C20H21N3O2. The van der Waals surface area contributed by atoms with Gasteiger partial charge in [0.2, 0.25) is 0 Å². The van der Waals surface area contributed by atoms with Crippen molar-refractivity contribution in [1.82, 2.24) is 9.78 Å². The number of rotatable bonds is 6. The number of hydrogen-bond donors (Lipinski definition) is 1. The zero-order valence-corrected chi connectivity index (χ0v) is 14.4. The van der Waals surface area contributed by atoms with Crippen LogP contribution in [0.5, 0.6) is 5.75 Å². The van der Waals surface area contributed by atoms with Crippen LogP contribution in [-0.4, -0.2) is 15.7 Å². The lowest BCUT2D eigenvalue weighted by Gasteiger charge is -2.09. The van der Waals surface area contributed by atoms with E-state index >= 15 is 0 Å². The summed E-state index contributed by atoms with van der Waals surface area (Å²) in [7, 11) is 0. The van der Waals surface area contributed by atoms with Gasteiger partial charge in [-0.05, 0) is 49.7 Å². The molecule has 2 aromatic carbocycles. The molecule has 0 saturated carbocycles. The van der Waals surface area contributed by atoms with E-state index in [0.29, 0.717) is 18.8 Å². The Labute approximate surface area is 147 Å². The van der Waals surface area contributed by atoms with Crippen molar-refractivity contribution in [2.45, 2.75) is 27.0 Å². The highest BCUT2D eigenvalue weighted by molar-refractivity contribution is 6.03. The molecule has 5 heteroatoms. The zero-order chi connectivity index (χ0) is 17.6. The van der Waals surface area contributed by atoms with Gasteiger partial charge < -0.3 is 10.1 Å². The molecule has 1 amide bonds. The molecule has 0 radical (unpaired) electrons. The average molecular weight is 335 g/mol. The fourth-order valence-corrected chi connectivity index (χ4v) is 2.59. The van der Waals surface area contributed by atoms with E-state index in [0.717, 1.165) is 22.7 Å². The van der Waals surface area contributed by atoms with E-state index in [-0.39, 0.29) is 5.91 Å². The quantitative estimate of drug-likeness (QED) is 0.739. The van der Waals surface area contributed by atoms with E-state index in [1.807, 2.05) is 68.4 Å². The van der Waals surface area contributed by atoms with E-state index in [1.165, 1.54) is 0 Å². The smallest absolute Gasteiger partial charge is 0.273 e. The summed E-state index contributed by atoms with van der Waals surface area (Å²) < 4.78 is 7.45. The van der Waals surface area contributed by atoms with Crippen molar-refractivity contribution < 1.29 is 9.53 Å². The number of para-hydroxylation sites is 1. The lowest BCUT2D eigenvalue weighted by molar-refractivity contribution is 0.101. The number of hydrogen-bond acceptors (Lipinski definition) is 3. The van der Waals surface area contributed by atoms with Crippen molar-refractivity contribution in [1.29, 1.82) is 0 Å². The Morgan fingerprint density at radius 2 is 1.92 bits per heavy atom. The third-order valence-electron chi connectivity index (χ3n) is 3.77. The Balaban J connectivity index is 1.68. The van der Waals surface area contributed by atoms with Crippen LogP contribution in [0.1, 0.15) is 28.7 Å². The summed E-state index contributed by atoms with van der Waals surface area (Å²) in [5, 5.41) is 7.24. The summed E-state index contributed by atoms with van der Waals surface area (Å²) >= 11 is 0. The maximum absolute atomic E-state index is 12.5. The van der Waals surface area contributed by atoms with Crippen LogP contribution in [0.3, 0.4) is 0 Å². The van der Waals surface area contributed by atoms with Crippen LogP contribution in [0.2, 0.25) is 0 Å². The van der Waals surface area contributed by atoms with Gasteiger partial charge in [0.25, 0.3) is 5.91 Å². The second kappa shape index (κ2) is 7.66. The minimum atomic E-state index is -0.163. The monoisotopic (exact) mass is 335 g/mol. The maximum Gasteiger partial charge on any atom is 0.273 e. The standard InChI is InChI=1S/C20H21N3O2/c1-3-23-19(12-15(2)22-23)20(24)21-17-9-7-8-16(13-17)14-25-18-10-5-4-6-11-18/h4-13H,3,14H2,1-2H3,(H,21,24). The number of nitrogens with one attached hydrogen (secondary N) is 1. The third-order valence-corrected chi connectivity index (χ3v) is 3.77. The van der Waals surface area contributed by atoms with Gasteiger partial charge in [-0.1, -0.05) is 30.3 Å². The predicted octanol–water partition coefficient (Wildman–Crippen LogP) is 4.04. The van der Waals surface area contributed by atoms with E-state index < -0.39 is 0 Å². The Bertz CT molecular complexity index is 856. The molecule has 1 heterocycles. The molecular weight excluding hydrogens is 314 g/mol. The molecule has 3 aromatic rings. The van der Waals surface area contributed by atoms with Gasteiger partial charge in [0, 0.05) is 12.2 Å². The minimum Gasteiger partial charge on any atom is -0.489 e. The second-order valence-electron chi connectivity index (χ2n) is 5.74. The van der Waals surface area contributed by atoms with Crippen LogP contribution in [0.4, 0.5) is 5.69 Å². The number of carbonyl (C=O) groups excluding carboxylic acids is 1. The summed E-state index contributed by atoms with van der Waals surface area (Å²) in [4.78, 5) is 12.5. The van der Waals surface area contributed by atoms with Crippen molar-refractivity contribution in [2.24, 2.45) is 0 Å². The van der Waals surface area contributed by atoms with Crippen LogP contribution in [0.25, 0.3) is 0 Å². The Hall–Kier alpha value is -3.08. The Morgan fingerprint density at radius 1 is 1.12 bits per heavy atom. The topological polar surface area (TPSA) is 56.2 Å². The van der Waals surface area contributed by atoms with Crippen molar-refractivity contribution >= 4 is 11.6 Å². The first kappa shape index (κ1) is 16.8. The first-order chi connectivity index (χ1) is 12.2. The van der Waals surface area contributed by atoms with E-state index in [4.69, 9.17) is 4.74 Å². The molecule has 0 fully saturated rings. The fourth-order valence-electron chi connectivity index (χ4n) is 2.59. The average Bonchev–Trinajstić information content (AvgIpc) is 3.02. The normalized spacial score (nSPS) is 10.5. The number of nitrogens with zero attached hydrogens (tertiary/aromatic N) is 2. The molecule has 1 aromatic heterocycles. The molecule has 0 aliphatic carbocycles. The highest BCUT2D eigenvalue weighted by Gasteiger charge is 2.13. The van der Waals surface area contributed by atoms with E-state index in [1.54, 1.807) is 10.7 Å². The van der Waals surface area contributed by atoms with Crippen molar-refractivity contribution in [2.75, 3.05) is 5.32 Å². The predicted molar refractivity (Wildman–Crippen MR) is 97.8 cm³/mol. The molecule has 0 saturated heterocycles. The minimum absolute atomic E-state index is 0.163. The molecule has 0 atom stereocenters. The van der Waals surface area contributed by atoms with Gasteiger partial charge in [0.05, 0.1) is 5.69 Å². The molecule has 0 aliphatic heterocycles. The highest BCUT2D eigenvalue weighted by Crippen LogP contribution is 2.16. The first-order valence-electron chi connectivity index (χ1n) is 8.28. The molecule has 1 N–H and O–H groups in total. The van der Waals surface area contributed by atoms with Crippen LogP contribution in [-0.2, 0) is 13.2 Å². The van der Waals surface area contributed by atoms with Crippen LogP contribution < -0.4 is 10.1 Å². The van der Waals surface area contributed by atoms with Crippen molar-refractivity contribution in [3.05, 3.63) is 77.6 Å². The van der Waals surface area contributed by atoms with E-state index in [2.05, 4.69) is 10.4 Å². The Kier molecular flexibility index (Phi) is 5.14. The van der Waals surface area contributed by atoms with Crippen LogP contribution >= 0.6 is 0 Å². The summed E-state index contributed by atoms with van der Waals surface area (Å²) in [6, 6.07) is 19.1. The van der Waals surface area contributed by atoms with Gasteiger partial charge in [-0.25, -0.2) is 0 Å². The summed E-state index contributed by atoms with van der Waals surface area (Å²) in [5.41, 5.74) is 3.12. The first-order valence-corrected chi connectivity index (χ1v) is 8.28. The van der Waals surface area contributed by atoms with Crippen molar-refractivity contribution in [3.63, 3.8) is 0 Å². The zero-order valence-electron chi connectivity index (χ0n) is 14.4. The van der Waals surface area contributed by atoms with Crippen molar-refractivity contribution in [3.8, 4) is 5.75 Å². The summed E-state index contributed by atoms with van der Waals surface area (Å²) in [5.74, 6) is 0.655. The molecule has 0 unspecified atom stereocenters. The van der Waals surface area contributed by atoms with Crippen LogP contribution in [0.15, 0.2) is 60.7 Å². The van der Waals surface area contributed by atoms with E-state index in [9.17, 15) is 4.79 Å². The molecule has 0 bridgehead atoms. The van der Waals surface area contributed by atoms with Gasteiger partial charge in [-0.3, -0.25) is 9.48 Å². The second-order valence-corrected chi connectivity index (χ2v) is 5.74. The molecule has 3 rings (SSSR count). The largest absolute Gasteiger partial charge is 0.489 e. The van der Waals surface area contributed by atoms with Gasteiger partial charge in [-0.15, -0.1) is 0 Å². The Morgan fingerprint density at radius 3 is 2.68 bits per heavy atom. The SMILES string of the molecule is CCn1nc(C)cc1C(=O)Nc1cccc(COc2ccccc2)c1. The number of benzene rings is 2. The number of ether oxygens (including phenoxy) is 1. The van der Waals surface area contributed by atoms with Gasteiger partial charge in [0.1, 0.15) is 18.1 Å². The number of carbonyl (C=O) groups is 1. The lowest BCUT2D eigenvalue weighted by Crippen LogP contribution is -2.17. The molecule has 5 nitrogen and oxygen atoms in total. The number of aryl methyl sites for hydroxylation is 2. The maximum atomic E-state index is 12.5. The third kappa shape index (κ3) is 4.26. The molecule has 25 heavy (non-hydrogen) atoms.